The Balaban J connectivity index is 1.51. The third kappa shape index (κ3) is 3.76. The van der Waals surface area contributed by atoms with Crippen LogP contribution in [0.5, 0.6) is 0 Å². The number of allylic oxidation sites excluding steroid dienone is 2. The van der Waals surface area contributed by atoms with Gasteiger partial charge in [0, 0.05) is 22.3 Å². The molecule has 34 heavy (non-hydrogen) atoms. The monoisotopic (exact) mass is 492 g/mol. The van der Waals surface area contributed by atoms with Crippen molar-refractivity contribution in [1.29, 1.82) is 21.0 Å². The lowest BCUT2D eigenvalue weighted by Gasteiger charge is -2.38. The molecule has 4 rings (SSSR count). The van der Waals surface area contributed by atoms with E-state index in [1.807, 2.05) is 0 Å². The molecule has 0 saturated heterocycles. The zero-order valence-electron chi connectivity index (χ0n) is 18.6. The average Bonchev–Trinajstić information content (AvgIpc) is 3.49. The van der Waals surface area contributed by atoms with Crippen LogP contribution in [0.2, 0.25) is 0 Å². The van der Waals surface area contributed by atoms with Crippen molar-refractivity contribution in [2.24, 2.45) is 22.7 Å². The van der Waals surface area contributed by atoms with Gasteiger partial charge >= 0.3 is 0 Å². The van der Waals surface area contributed by atoms with Crippen molar-refractivity contribution in [3.05, 3.63) is 21.2 Å². The maximum Gasteiger partial charge on any atom is 0.243 e. The second-order valence-electron chi connectivity index (χ2n) is 9.16. The van der Waals surface area contributed by atoms with Gasteiger partial charge in [-0.1, -0.05) is 25.7 Å². The number of carbonyl (C=O) groups excluding carboxylic acids is 2. The van der Waals surface area contributed by atoms with E-state index < -0.39 is 22.7 Å². The lowest BCUT2D eigenvalue weighted by molar-refractivity contribution is -0.126. The van der Waals surface area contributed by atoms with Crippen LogP contribution in [0.4, 0.5) is 0 Å². The molecule has 2 saturated carbocycles. The average molecular weight is 493 g/mol. The summed E-state index contributed by atoms with van der Waals surface area (Å²) in [7, 11) is 0. The quantitative estimate of drug-likeness (QED) is 0.552. The number of nitrogens with one attached hydrogen (secondary N) is 2. The first-order chi connectivity index (χ1) is 16.5. The number of carbonyl (C=O) groups is 2. The van der Waals surface area contributed by atoms with Crippen LogP contribution in [-0.4, -0.2) is 23.3 Å². The summed E-state index contributed by atoms with van der Waals surface area (Å²) in [6.45, 7) is 0. The van der Waals surface area contributed by atoms with Crippen molar-refractivity contribution in [2.45, 2.75) is 51.4 Å². The molecule has 0 unspecified atom stereocenters. The topological polar surface area (TPSA) is 153 Å². The minimum absolute atomic E-state index is 0.349. The summed E-state index contributed by atoms with van der Waals surface area (Å²) in [5.74, 6) is -1.33. The summed E-state index contributed by atoms with van der Waals surface area (Å²) in [6, 6.07) is 8.79. The van der Waals surface area contributed by atoms with E-state index in [2.05, 4.69) is 34.9 Å². The molecule has 0 aromatic heterocycles. The fraction of sp³-hybridized carbons (Fsp3) is 0.583. The molecule has 8 nitrogen and oxygen atoms in total. The highest BCUT2D eigenvalue weighted by Crippen LogP contribution is 2.54. The largest absolute Gasteiger partial charge is 0.319 e. The molecular formula is C24H24N6O2S2. The van der Waals surface area contributed by atoms with E-state index in [1.165, 1.54) is 23.5 Å². The summed E-state index contributed by atoms with van der Waals surface area (Å²) in [5, 5.41) is 45.6. The molecule has 2 fully saturated rings. The van der Waals surface area contributed by atoms with Gasteiger partial charge in [0.05, 0.1) is 45.5 Å². The van der Waals surface area contributed by atoms with Crippen molar-refractivity contribution in [2.75, 3.05) is 11.5 Å². The van der Waals surface area contributed by atoms with Gasteiger partial charge in [-0.05, 0) is 25.7 Å². The van der Waals surface area contributed by atoms with Crippen LogP contribution in [-0.2, 0) is 9.59 Å². The van der Waals surface area contributed by atoms with E-state index in [0.29, 0.717) is 58.4 Å². The summed E-state index contributed by atoms with van der Waals surface area (Å²) < 4.78 is 0. The molecule has 2 heterocycles. The van der Waals surface area contributed by atoms with Gasteiger partial charge < -0.3 is 10.6 Å². The van der Waals surface area contributed by atoms with Crippen molar-refractivity contribution in [3.8, 4) is 24.3 Å². The summed E-state index contributed by atoms with van der Waals surface area (Å²) in [6.07, 6.45) is 6.20. The van der Waals surface area contributed by atoms with Crippen molar-refractivity contribution < 1.29 is 9.59 Å². The SMILES string of the molecule is N#CC1=C(SCCSC2=C(C#N)C3(CCCC3)[C@H](C#N)C(=O)N2)NC(=O)[C@@H](C#N)C12CCCC2. The van der Waals surface area contributed by atoms with Crippen molar-refractivity contribution in [3.63, 3.8) is 0 Å². The number of hydrogen-bond acceptors (Lipinski definition) is 8. The number of thioether (sulfide) groups is 2. The number of hydrogen-bond donors (Lipinski definition) is 2. The first kappa shape index (κ1) is 24.2. The fourth-order valence-electron chi connectivity index (χ4n) is 6.02. The molecule has 2 amide bonds. The van der Waals surface area contributed by atoms with E-state index in [0.717, 1.165) is 25.7 Å². The number of rotatable bonds is 5. The van der Waals surface area contributed by atoms with Gasteiger partial charge in [-0.25, -0.2) is 0 Å². The minimum Gasteiger partial charge on any atom is -0.319 e. The van der Waals surface area contributed by atoms with Crippen LogP contribution in [0.3, 0.4) is 0 Å². The number of nitriles is 4. The molecule has 2 aliphatic carbocycles. The second kappa shape index (κ2) is 9.75. The Hall–Kier alpha value is -2.92. The third-order valence-corrected chi connectivity index (χ3v) is 9.87. The number of amides is 2. The van der Waals surface area contributed by atoms with Gasteiger partial charge in [0.1, 0.15) is 11.8 Å². The lowest BCUT2D eigenvalue weighted by Crippen LogP contribution is -2.46. The predicted molar refractivity (Wildman–Crippen MR) is 126 cm³/mol. The van der Waals surface area contributed by atoms with E-state index in [9.17, 15) is 30.6 Å². The highest BCUT2D eigenvalue weighted by Gasteiger charge is 2.53. The smallest absolute Gasteiger partial charge is 0.243 e. The van der Waals surface area contributed by atoms with Gasteiger partial charge in [-0.3, -0.25) is 9.59 Å². The Bertz CT molecular complexity index is 1040. The second-order valence-corrected chi connectivity index (χ2v) is 11.4. The predicted octanol–water partition coefficient (Wildman–Crippen LogP) is 3.58. The normalized spacial score (nSPS) is 27.1. The number of nitrogens with zero attached hydrogens (tertiary/aromatic N) is 4. The van der Waals surface area contributed by atoms with E-state index in [1.54, 1.807) is 0 Å². The summed E-state index contributed by atoms with van der Waals surface area (Å²) in [4.78, 5) is 25.3. The Morgan fingerprint density at radius 3 is 1.35 bits per heavy atom. The van der Waals surface area contributed by atoms with Crippen LogP contribution < -0.4 is 10.6 Å². The minimum atomic E-state index is -0.847. The van der Waals surface area contributed by atoms with Gasteiger partial charge in [0.25, 0.3) is 0 Å². The Morgan fingerprint density at radius 1 is 0.706 bits per heavy atom. The van der Waals surface area contributed by atoms with Crippen molar-refractivity contribution >= 4 is 35.3 Å². The Labute approximate surface area is 207 Å². The maximum absolute atomic E-state index is 12.6. The Kier molecular flexibility index (Phi) is 6.94. The van der Waals surface area contributed by atoms with Crippen LogP contribution in [0.1, 0.15) is 51.4 Å². The van der Waals surface area contributed by atoms with Crippen LogP contribution in [0.25, 0.3) is 0 Å². The molecule has 2 aliphatic heterocycles. The molecule has 0 aromatic carbocycles. The van der Waals surface area contributed by atoms with Gasteiger partial charge in [0.15, 0.2) is 0 Å². The first-order valence-electron chi connectivity index (χ1n) is 11.4. The molecule has 0 bridgehead atoms. The zero-order chi connectivity index (χ0) is 24.3. The van der Waals surface area contributed by atoms with Gasteiger partial charge in [0.2, 0.25) is 11.8 Å². The highest BCUT2D eigenvalue weighted by atomic mass is 32.2. The van der Waals surface area contributed by atoms with Crippen LogP contribution in [0, 0.1) is 68.0 Å². The Morgan fingerprint density at radius 2 is 1.06 bits per heavy atom. The molecule has 2 atom stereocenters. The molecule has 0 aromatic rings. The van der Waals surface area contributed by atoms with E-state index in [-0.39, 0.29) is 11.8 Å². The van der Waals surface area contributed by atoms with Crippen LogP contribution in [0.15, 0.2) is 21.2 Å². The standard InChI is InChI=1S/C24H24N6O2S2/c25-11-15-19(31)29-21(17(13-27)23(15)5-1-2-6-23)33-9-10-34-22-18(14-28)24(7-3-4-8-24)16(12-26)20(32)30-22/h15-16H,1-10H2,(H,29,31)(H,30,32)/t15-,16-/m1/s1. The van der Waals surface area contributed by atoms with Crippen LogP contribution >= 0.6 is 23.5 Å². The van der Waals surface area contributed by atoms with Crippen molar-refractivity contribution in [1.82, 2.24) is 10.6 Å². The fourth-order valence-corrected chi connectivity index (χ4v) is 8.22. The zero-order valence-corrected chi connectivity index (χ0v) is 20.3. The summed E-state index contributed by atoms with van der Waals surface area (Å²) >= 11 is 2.72. The molecular weight excluding hydrogens is 468 g/mol. The summed E-state index contributed by atoms with van der Waals surface area (Å²) in [5.41, 5.74) is -0.404. The third-order valence-electron chi connectivity index (χ3n) is 7.60. The molecule has 4 aliphatic rings. The molecule has 0 radical (unpaired) electrons. The van der Waals surface area contributed by atoms with E-state index in [4.69, 9.17) is 0 Å². The maximum atomic E-state index is 12.6. The molecule has 174 valence electrons. The molecule has 10 heteroatoms. The van der Waals surface area contributed by atoms with E-state index >= 15 is 0 Å². The highest BCUT2D eigenvalue weighted by molar-refractivity contribution is 8.06. The lowest BCUT2D eigenvalue weighted by atomic mass is 9.67. The molecule has 2 spiro atoms. The van der Waals surface area contributed by atoms with Gasteiger partial charge in [-0.15, -0.1) is 23.5 Å². The first-order valence-corrected chi connectivity index (χ1v) is 13.4. The van der Waals surface area contributed by atoms with Gasteiger partial charge in [-0.2, -0.15) is 21.0 Å². The molecule has 2 N–H and O–H groups in total.